The molecule has 0 bridgehead atoms. The molecule has 162 valence electrons. The molecular formula is C25H24N4OS2. The predicted octanol–water partition coefficient (Wildman–Crippen LogP) is 6.05. The van der Waals surface area contributed by atoms with Gasteiger partial charge in [0.25, 0.3) is 0 Å². The van der Waals surface area contributed by atoms with Gasteiger partial charge in [-0.25, -0.2) is 0 Å². The molecule has 1 aliphatic carbocycles. The van der Waals surface area contributed by atoms with Crippen LogP contribution < -0.4 is 5.32 Å². The van der Waals surface area contributed by atoms with Crippen LogP contribution in [0.1, 0.15) is 36.5 Å². The first-order chi connectivity index (χ1) is 15.7. The number of hydrogen-bond donors (Lipinski definition) is 1. The van der Waals surface area contributed by atoms with Gasteiger partial charge in [0.15, 0.2) is 5.16 Å². The van der Waals surface area contributed by atoms with E-state index in [1.807, 2.05) is 49.4 Å². The molecular weight excluding hydrogens is 436 g/mol. The van der Waals surface area contributed by atoms with Gasteiger partial charge in [-0.15, -0.1) is 21.5 Å². The minimum absolute atomic E-state index is 0.0384. The summed E-state index contributed by atoms with van der Waals surface area (Å²) in [6.07, 6.45) is 3.08. The van der Waals surface area contributed by atoms with Crippen LogP contribution in [0.15, 0.2) is 77.3 Å². The fraction of sp³-hybridized carbons (Fsp3) is 0.240. The second-order valence-electron chi connectivity index (χ2n) is 7.92. The average molecular weight is 461 g/mol. The Morgan fingerprint density at radius 1 is 1.09 bits per heavy atom. The lowest BCUT2D eigenvalue weighted by molar-refractivity contribution is -0.115. The van der Waals surface area contributed by atoms with Crippen molar-refractivity contribution in [1.82, 2.24) is 14.8 Å². The first-order valence-electron chi connectivity index (χ1n) is 10.8. The van der Waals surface area contributed by atoms with Crippen LogP contribution in [-0.2, 0) is 11.2 Å². The lowest BCUT2D eigenvalue weighted by Gasteiger charge is -2.15. The molecule has 2 heterocycles. The molecule has 1 aliphatic rings. The maximum absolute atomic E-state index is 13.1. The van der Waals surface area contributed by atoms with E-state index < -0.39 is 0 Å². The quantitative estimate of drug-likeness (QED) is 0.325. The molecule has 32 heavy (non-hydrogen) atoms. The number of hydrogen-bond acceptors (Lipinski definition) is 5. The molecule has 0 spiro atoms. The van der Waals surface area contributed by atoms with Crippen LogP contribution >= 0.6 is 23.1 Å². The van der Waals surface area contributed by atoms with E-state index in [1.54, 1.807) is 11.3 Å². The van der Waals surface area contributed by atoms with E-state index in [0.29, 0.717) is 6.04 Å². The third kappa shape index (κ3) is 4.64. The third-order valence-corrected chi connectivity index (χ3v) is 7.41. The van der Waals surface area contributed by atoms with E-state index in [4.69, 9.17) is 0 Å². The van der Waals surface area contributed by atoms with Crippen LogP contribution in [0.3, 0.4) is 0 Å². The number of anilines is 1. The predicted molar refractivity (Wildman–Crippen MR) is 131 cm³/mol. The van der Waals surface area contributed by atoms with Gasteiger partial charge in [-0.3, -0.25) is 4.79 Å². The maximum Gasteiger partial charge on any atom is 0.237 e. The summed E-state index contributed by atoms with van der Waals surface area (Å²) >= 11 is 3.22. The van der Waals surface area contributed by atoms with Gasteiger partial charge in [0.2, 0.25) is 5.91 Å². The van der Waals surface area contributed by atoms with Crippen LogP contribution in [0.5, 0.6) is 0 Å². The van der Waals surface area contributed by atoms with Crippen molar-refractivity contribution >= 4 is 34.7 Å². The van der Waals surface area contributed by atoms with Gasteiger partial charge in [-0.2, -0.15) is 0 Å². The van der Waals surface area contributed by atoms with Crippen molar-refractivity contribution in [1.29, 1.82) is 0 Å². The van der Waals surface area contributed by atoms with Crippen molar-refractivity contribution in [3.63, 3.8) is 0 Å². The van der Waals surface area contributed by atoms with Crippen molar-refractivity contribution in [3.8, 4) is 11.1 Å². The number of rotatable bonds is 8. The highest BCUT2D eigenvalue weighted by molar-refractivity contribution is 8.00. The molecule has 1 N–H and O–H groups in total. The summed E-state index contributed by atoms with van der Waals surface area (Å²) in [4.78, 5) is 14.3. The van der Waals surface area contributed by atoms with Crippen molar-refractivity contribution in [2.45, 2.75) is 42.6 Å². The highest BCUT2D eigenvalue weighted by atomic mass is 32.2. The highest BCUT2D eigenvalue weighted by Gasteiger charge is 2.31. The third-order valence-electron chi connectivity index (χ3n) is 5.48. The summed E-state index contributed by atoms with van der Waals surface area (Å²) in [5, 5.41) is 14.7. The van der Waals surface area contributed by atoms with Gasteiger partial charge in [0, 0.05) is 28.6 Å². The molecule has 0 unspecified atom stereocenters. The average Bonchev–Trinajstić information content (AvgIpc) is 3.37. The molecule has 7 heteroatoms. The van der Waals surface area contributed by atoms with E-state index in [2.05, 4.69) is 49.7 Å². The smallest absolute Gasteiger partial charge is 0.237 e. The summed E-state index contributed by atoms with van der Waals surface area (Å²) < 4.78 is 2.24. The Bertz CT molecular complexity index is 1200. The summed E-state index contributed by atoms with van der Waals surface area (Å²) in [5.41, 5.74) is 2.91. The fourth-order valence-electron chi connectivity index (χ4n) is 3.68. The summed E-state index contributed by atoms with van der Waals surface area (Å²) in [6, 6.07) is 22.7. The Kier molecular flexibility index (Phi) is 6.10. The molecule has 1 fully saturated rings. The van der Waals surface area contributed by atoms with Crippen molar-refractivity contribution in [3.05, 3.63) is 82.8 Å². The normalized spacial score (nSPS) is 14.3. The van der Waals surface area contributed by atoms with Crippen molar-refractivity contribution in [2.24, 2.45) is 0 Å². The number of nitrogens with one attached hydrogen (secondary N) is 1. The molecule has 1 saturated carbocycles. The zero-order chi connectivity index (χ0) is 21.9. The number of thiophene rings is 1. The first kappa shape index (κ1) is 21.0. The summed E-state index contributed by atoms with van der Waals surface area (Å²) in [6.45, 7) is 1.93. The lowest BCUT2D eigenvalue weighted by atomic mass is 10.0. The second-order valence-corrected chi connectivity index (χ2v) is 10.3. The standard InChI is InChI=1S/C25H24N4OS2/c1-17(24(30)26-22-12-6-5-11-21(22)18-8-3-2-4-9-18)32-25-28-27-23(29(25)19-13-14-19)16-20-10-7-15-31-20/h2-12,15,17,19H,13-14,16H2,1H3,(H,26,30)/t17-/m1/s1. The van der Waals surface area contributed by atoms with Crippen molar-refractivity contribution in [2.75, 3.05) is 5.32 Å². The van der Waals surface area contributed by atoms with Crippen molar-refractivity contribution < 1.29 is 4.79 Å². The number of aromatic nitrogens is 3. The molecule has 4 aromatic rings. The van der Waals surface area contributed by atoms with E-state index in [9.17, 15) is 4.79 Å². The van der Waals surface area contributed by atoms with Gasteiger partial charge in [-0.05, 0) is 42.8 Å². The summed E-state index contributed by atoms with van der Waals surface area (Å²) in [5.74, 6) is 0.947. The van der Waals surface area contributed by atoms with E-state index >= 15 is 0 Å². The van der Waals surface area contributed by atoms with Crippen LogP contribution in [0, 0.1) is 0 Å². The Morgan fingerprint density at radius 3 is 2.62 bits per heavy atom. The van der Waals surface area contributed by atoms with Crippen LogP contribution in [0.4, 0.5) is 5.69 Å². The van der Waals surface area contributed by atoms with E-state index in [0.717, 1.165) is 47.1 Å². The number of thioether (sulfide) groups is 1. The van der Waals surface area contributed by atoms with Gasteiger partial charge in [-0.1, -0.05) is 66.4 Å². The number of carbonyl (C=O) groups excluding carboxylic acids is 1. The van der Waals surface area contributed by atoms with Crippen LogP contribution in [0.25, 0.3) is 11.1 Å². The van der Waals surface area contributed by atoms with Crippen LogP contribution in [-0.4, -0.2) is 25.9 Å². The number of carbonyl (C=O) groups is 1. The molecule has 5 nitrogen and oxygen atoms in total. The zero-order valence-electron chi connectivity index (χ0n) is 17.8. The van der Waals surface area contributed by atoms with Gasteiger partial charge >= 0.3 is 0 Å². The molecule has 2 aromatic heterocycles. The SMILES string of the molecule is C[C@@H](Sc1nnc(Cc2cccs2)n1C1CC1)C(=O)Nc1ccccc1-c1ccccc1. The maximum atomic E-state index is 13.1. The Labute approximate surface area is 195 Å². The first-order valence-corrected chi connectivity index (χ1v) is 12.5. The van der Waals surface area contributed by atoms with E-state index in [1.165, 1.54) is 16.6 Å². The monoisotopic (exact) mass is 460 g/mol. The van der Waals surface area contributed by atoms with E-state index in [-0.39, 0.29) is 11.2 Å². The fourth-order valence-corrected chi connectivity index (χ4v) is 5.32. The Hall–Kier alpha value is -2.90. The highest BCUT2D eigenvalue weighted by Crippen LogP contribution is 2.40. The van der Waals surface area contributed by atoms with Gasteiger partial charge in [0.1, 0.15) is 5.82 Å². The molecule has 1 amide bonds. The molecule has 0 saturated heterocycles. The number of benzene rings is 2. The molecule has 2 aromatic carbocycles. The Balaban J connectivity index is 1.32. The topological polar surface area (TPSA) is 59.8 Å². The zero-order valence-corrected chi connectivity index (χ0v) is 19.4. The minimum Gasteiger partial charge on any atom is -0.325 e. The summed E-state index contributed by atoms with van der Waals surface area (Å²) in [7, 11) is 0. The van der Waals surface area contributed by atoms with Gasteiger partial charge < -0.3 is 9.88 Å². The molecule has 0 aliphatic heterocycles. The number of nitrogens with zero attached hydrogens (tertiary/aromatic N) is 3. The number of para-hydroxylation sites is 1. The molecule has 1 atom stereocenters. The Morgan fingerprint density at radius 2 is 1.88 bits per heavy atom. The molecule has 0 radical (unpaired) electrons. The number of amides is 1. The van der Waals surface area contributed by atoms with Crippen LogP contribution in [0.2, 0.25) is 0 Å². The second kappa shape index (κ2) is 9.30. The van der Waals surface area contributed by atoms with Gasteiger partial charge in [0.05, 0.1) is 5.25 Å². The minimum atomic E-state index is -0.296. The largest absolute Gasteiger partial charge is 0.325 e. The lowest BCUT2D eigenvalue weighted by Crippen LogP contribution is -2.23. The molecule has 5 rings (SSSR count).